The van der Waals surface area contributed by atoms with Crippen molar-refractivity contribution in [2.24, 2.45) is 5.92 Å². The minimum Gasteiger partial charge on any atom is -0.356 e. The molecule has 1 amide bonds. The Morgan fingerprint density at radius 1 is 1.42 bits per heavy atom. The number of halogens is 2. The highest BCUT2D eigenvalue weighted by atomic mass is 79.9. The van der Waals surface area contributed by atoms with Gasteiger partial charge in [0, 0.05) is 16.4 Å². The van der Waals surface area contributed by atoms with Gasteiger partial charge in [0.1, 0.15) is 0 Å². The summed E-state index contributed by atoms with van der Waals surface area (Å²) in [6.45, 7) is 0.760. The van der Waals surface area contributed by atoms with Gasteiger partial charge in [-0.25, -0.2) is 0 Å². The first kappa shape index (κ1) is 14.9. The number of nitrogens with one attached hydrogen (secondary N) is 1. The maximum atomic E-state index is 11.9. The Bertz CT molecular complexity index is 438. The molecule has 0 spiro atoms. The number of alkyl halides is 1. The minimum absolute atomic E-state index is 0.0924. The lowest BCUT2D eigenvalue weighted by atomic mass is 9.89. The van der Waals surface area contributed by atoms with Crippen LogP contribution in [0.4, 0.5) is 0 Å². The van der Waals surface area contributed by atoms with Gasteiger partial charge in [0.2, 0.25) is 5.91 Å². The third-order valence-corrected chi connectivity index (χ3v) is 4.45. The molecule has 0 aromatic heterocycles. The second-order valence-electron chi connectivity index (χ2n) is 5.24. The van der Waals surface area contributed by atoms with Crippen LogP contribution in [-0.4, -0.2) is 17.8 Å². The van der Waals surface area contributed by atoms with Crippen molar-refractivity contribution >= 4 is 33.4 Å². The van der Waals surface area contributed by atoms with E-state index in [1.54, 1.807) is 0 Å². The first-order valence-corrected chi connectivity index (χ1v) is 8.01. The van der Waals surface area contributed by atoms with Crippen LogP contribution in [0.5, 0.6) is 0 Å². The monoisotopic (exact) mass is 343 g/mol. The molecule has 1 aliphatic rings. The Hall–Kier alpha value is -0.540. The molecule has 1 aromatic carbocycles. The highest BCUT2D eigenvalue weighted by molar-refractivity contribution is 9.10. The normalized spacial score (nSPS) is 23.1. The summed E-state index contributed by atoms with van der Waals surface area (Å²) < 4.78 is 1.01. The Morgan fingerprint density at radius 3 is 3.00 bits per heavy atom. The topological polar surface area (TPSA) is 29.1 Å². The van der Waals surface area contributed by atoms with Crippen LogP contribution >= 0.6 is 27.5 Å². The lowest BCUT2D eigenvalue weighted by Gasteiger charge is -2.25. The van der Waals surface area contributed by atoms with Gasteiger partial charge in [-0.15, -0.1) is 11.6 Å². The lowest BCUT2D eigenvalue weighted by molar-refractivity contribution is -0.120. The molecule has 19 heavy (non-hydrogen) atoms. The molecule has 2 nitrogen and oxygen atoms in total. The molecule has 1 fully saturated rings. The third-order valence-electron chi connectivity index (χ3n) is 3.56. The van der Waals surface area contributed by atoms with Crippen molar-refractivity contribution in [2.75, 3.05) is 6.54 Å². The summed E-state index contributed by atoms with van der Waals surface area (Å²) in [5.41, 5.74) is 1.03. The van der Waals surface area contributed by atoms with Gasteiger partial charge in [0.05, 0.1) is 6.42 Å². The lowest BCUT2D eigenvalue weighted by Crippen LogP contribution is -2.32. The van der Waals surface area contributed by atoms with Crippen LogP contribution < -0.4 is 5.32 Å². The van der Waals surface area contributed by atoms with Crippen LogP contribution in [0.1, 0.15) is 31.2 Å². The van der Waals surface area contributed by atoms with Gasteiger partial charge >= 0.3 is 0 Å². The second-order valence-corrected chi connectivity index (χ2v) is 6.77. The van der Waals surface area contributed by atoms with Crippen molar-refractivity contribution in [3.63, 3.8) is 0 Å². The molecular weight excluding hydrogens is 326 g/mol. The summed E-state index contributed by atoms with van der Waals surface area (Å²) in [5.74, 6) is 0.637. The number of amides is 1. The van der Waals surface area contributed by atoms with Crippen LogP contribution in [0.15, 0.2) is 28.7 Å². The summed E-state index contributed by atoms with van der Waals surface area (Å²) >= 11 is 9.57. The first-order chi connectivity index (χ1) is 9.13. The third kappa shape index (κ3) is 5.15. The van der Waals surface area contributed by atoms with E-state index in [0.29, 0.717) is 17.7 Å². The smallest absolute Gasteiger partial charge is 0.224 e. The molecule has 2 atom stereocenters. The van der Waals surface area contributed by atoms with E-state index in [-0.39, 0.29) is 5.91 Å². The minimum atomic E-state index is 0.0924. The van der Waals surface area contributed by atoms with Crippen molar-refractivity contribution in [3.05, 3.63) is 34.3 Å². The van der Waals surface area contributed by atoms with Gasteiger partial charge in [0.25, 0.3) is 0 Å². The van der Waals surface area contributed by atoms with Crippen LogP contribution in [0.2, 0.25) is 0 Å². The second kappa shape index (κ2) is 7.30. The van der Waals surface area contributed by atoms with Crippen molar-refractivity contribution in [1.29, 1.82) is 0 Å². The van der Waals surface area contributed by atoms with E-state index < -0.39 is 0 Å². The van der Waals surface area contributed by atoms with E-state index >= 15 is 0 Å². The Morgan fingerprint density at radius 2 is 2.26 bits per heavy atom. The molecule has 4 heteroatoms. The Kier molecular flexibility index (Phi) is 5.71. The largest absolute Gasteiger partial charge is 0.356 e. The number of benzene rings is 1. The van der Waals surface area contributed by atoms with Crippen molar-refractivity contribution in [2.45, 2.75) is 37.5 Å². The van der Waals surface area contributed by atoms with Crippen molar-refractivity contribution < 1.29 is 4.79 Å². The van der Waals surface area contributed by atoms with E-state index in [4.69, 9.17) is 11.6 Å². The molecule has 0 bridgehead atoms. The standard InChI is InChI=1S/C15H19BrClNO/c16-13-5-1-3-11(7-13)9-15(19)18-10-12-4-2-6-14(17)8-12/h1,3,5,7,12,14H,2,4,6,8-10H2,(H,18,19). The summed E-state index contributed by atoms with van der Waals surface area (Å²) in [5, 5.41) is 3.32. The molecule has 1 N–H and O–H groups in total. The maximum Gasteiger partial charge on any atom is 0.224 e. The number of carbonyl (C=O) groups excluding carboxylic acids is 1. The van der Waals surface area contributed by atoms with Gasteiger partial charge in [-0.3, -0.25) is 4.79 Å². The van der Waals surface area contributed by atoms with Gasteiger partial charge < -0.3 is 5.32 Å². The molecule has 0 aliphatic heterocycles. The number of hydrogen-bond donors (Lipinski definition) is 1. The fraction of sp³-hybridized carbons (Fsp3) is 0.533. The van der Waals surface area contributed by atoms with E-state index in [0.717, 1.165) is 29.4 Å². The predicted octanol–water partition coefficient (Wildman–Crippen LogP) is 3.91. The van der Waals surface area contributed by atoms with Crippen LogP contribution in [0.25, 0.3) is 0 Å². The fourth-order valence-corrected chi connectivity index (χ4v) is 3.42. The summed E-state index contributed by atoms with van der Waals surface area (Å²) in [7, 11) is 0. The van der Waals surface area contributed by atoms with Crippen LogP contribution in [-0.2, 0) is 11.2 Å². The summed E-state index contributed by atoms with van der Waals surface area (Å²) in [4.78, 5) is 11.9. The molecule has 104 valence electrons. The molecular formula is C15H19BrClNO. The van der Waals surface area contributed by atoms with E-state index in [1.165, 1.54) is 12.8 Å². The SMILES string of the molecule is O=C(Cc1cccc(Br)c1)NCC1CCCC(Cl)C1. The van der Waals surface area contributed by atoms with Crippen molar-refractivity contribution in [1.82, 2.24) is 5.32 Å². The number of rotatable bonds is 4. The van der Waals surface area contributed by atoms with Gasteiger partial charge in [0.15, 0.2) is 0 Å². The maximum absolute atomic E-state index is 11.9. The average molecular weight is 345 g/mol. The zero-order valence-corrected chi connectivity index (χ0v) is 13.2. The highest BCUT2D eigenvalue weighted by Gasteiger charge is 2.20. The van der Waals surface area contributed by atoms with Gasteiger partial charge in [-0.05, 0) is 42.9 Å². The zero-order chi connectivity index (χ0) is 13.7. The first-order valence-electron chi connectivity index (χ1n) is 6.78. The molecule has 0 heterocycles. The average Bonchev–Trinajstić information content (AvgIpc) is 2.36. The fourth-order valence-electron chi connectivity index (χ4n) is 2.56. The zero-order valence-electron chi connectivity index (χ0n) is 10.9. The van der Waals surface area contributed by atoms with Crippen LogP contribution in [0, 0.1) is 5.92 Å². The molecule has 1 aliphatic carbocycles. The summed E-state index contributed by atoms with van der Waals surface area (Å²) in [6, 6.07) is 7.87. The molecule has 2 rings (SSSR count). The van der Waals surface area contributed by atoms with E-state index in [9.17, 15) is 4.79 Å². The molecule has 1 aromatic rings. The number of hydrogen-bond acceptors (Lipinski definition) is 1. The van der Waals surface area contributed by atoms with Crippen LogP contribution in [0.3, 0.4) is 0 Å². The van der Waals surface area contributed by atoms with E-state index in [1.807, 2.05) is 24.3 Å². The van der Waals surface area contributed by atoms with Crippen molar-refractivity contribution in [3.8, 4) is 0 Å². The predicted molar refractivity (Wildman–Crippen MR) is 82.5 cm³/mol. The quantitative estimate of drug-likeness (QED) is 0.825. The molecule has 0 radical (unpaired) electrons. The Balaban J connectivity index is 1.75. The number of carbonyl (C=O) groups is 1. The van der Waals surface area contributed by atoms with Gasteiger partial charge in [-0.2, -0.15) is 0 Å². The molecule has 1 saturated carbocycles. The molecule has 0 saturated heterocycles. The Labute approximate surface area is 128 Å². The summed E-state index contributed by atoms with van der Waals surface area (Å²) in [6.07, 6.45) is 4.94. The highest BCUT2D eigenvalue weighted by Crippen LogP contribution is 2.27. The molecule has 2 unspecified atom stereocenters. The van der Waals surface area contributed by atoms with E-state index in [2.05, 4.69) is 21.2 Å². The van der Waals surface area contributed by atoms with Gasteiger partial charge in [-0.1, -0.05) is 34.5 Å².